The number of hydrogen-bond donors (Lipinski definition) is 2. The molecule has 0 saturated heterocycles. The fourth-order valence-electron chi connectivity index (χ4n) is 2.18. The zero-order valence-corrected chi connectivity index (χ0v) is 12.3. The summed E-state index contributed by atoms with van der Waals surface area (Å²) in [5.74, 6) is -0.311. The molecule has 4 nitrogen and oxygen atoms in total. The van der Waals surface area contributed by atoms with Crippen LogP contribution < -0.4 is 10.1 Å². The van der Waals surface area contributed by atoms with E-state index in [1.807, 2.05) is 18.2 Å². The minimum atomic E-state index is -2.91. The van der Waals surface area contributed by atoms with Crippen molar-refractivity contribution in [3.8, 4) is 5.75 Å². The summed E-state index contributed by atoms with van der Waals surface area (Å²) in [5, 5.41) is 12.1. The number of carbonyl (C=O) groups excluding carboxylic acids is 1. The van der Waals surface area contributed by atoms with Gasteiger partial charge in [-0.1, -0.05) is 42.5 Å². The molecule has 1 amide bonds. The third-order valence-corrected chi connectivity index (χ3v) is 3.21. The second-order valence-electron chi connectivity index (χ2n) is 4.92. The number of aliphatic hydroxyl groups is 1. The number of carbonyl (C=O) groups is 1. The maximum atomic E-state index is 12.2. The summed E-state index contributed by atoms with van der Waals surface area (Å²) in [7, 11) is 0. The molecule has 2 aromatic rings. The second kappa shape index (κ2) is 8.24. The maximum absolute atomic E-state index is 12.2. The lowest BCUT2D eigenvalue weighted by Gasteiger charge is -2.17. The molecule has 0 heterocycles. The Bertz CT molecular complexity index is 635. The van der Waals surface area contributed by atoms with Crippen LogP contribution in [0.3, 0.4) is 0 Å². The lowest BCUT2D eigenvalue weighted by atomic mass is 10.1. The third-order valence-electron chi connectivity index (χ3n) is 3.21. The highest BCUT2D eigenvalue weighted by molar-refractivity contribution is 5.79. The van der Waals surface area contributed by atoms with Crippen LogP contribution in [0.15, 0.2) is 54.6 Å². The summed E-state index contributed by atoms with van der Waals surface area (Å²) < 4.78 is 28.7. The monoisotopic (exact) mass is 321 g/mol. The molecule has 2 rings (SSSR count). The van der Waals surface area contributed by atoms with Crippen LogP contribution in [0.4, 0.5) is 8.78 Å². The van der Waals surface area contributed by atoms with E-state index in [9.17, 15) is 18.7 Å². The molecule has 0 saturated carbocycles. The van der Waals surface area contributed by atoms with Crippen molar-refractivity contribution in [2.24, 2.45) is 0 Å². The molecule has 0 aliphatic rings. The smallest absolute Gasteiger partial charge is 0.387 e. The van der Waals surface area contributed by atoms with Gasteiger partial charge in [0.1, 0.15) is 5.75 Å². The van der Waals surface area contributed by atoms with Gasteiger partial charge in [-0.05, 0) is 23.3 Å². The Labute approximate surface area is 132 Å². The minimum Gasteiger partial charge on any atom is -0.435 e. The first-order chi connectivity index (χ1) is 11.1. The maximum Gasteiger partial charge on any atom is 0.387 e. The molecular formula is C17H17F2NO3. The van der Waals surface area contributed by atoms with Gasteiger partial charge in [0.25, 0.3) is 0 Å². The van der Waals surface area contributed by atoms with Crippen molar-refractivity contribution in [1.82, 2.24) is 5.32 Å². The number of benzene rings is 2. The molecule has 0 bridgehead atoms. The van der Waals surface area contributed by atoms with Gasteiger partial charge in [0.15, 0.2) is 0 Å². The van der Waals surface area contributed by atoms with Gasteiger partial charge in [0.2, 0.25) is 5.91 Å². The average molecular weight is 321 g/mol. The van der Waals surface area contributed by atoms with Crippen molar-refractivity contribution in [3.63, 3.8) is 0 Å². The second-order valence-corrected chi connectivity index (χ2v) is 4.92. The van der Waals surface area contributed by atoms with Crippen molar-refractivity contribution in [2.75, 3.05) is 6.61 Å². The Morgan fingerprint density at radius 1 is 1.13 bits per heavy atom. The van der Waals surface area contributed by atoms with Gasteiger partial charge in [-0.25, -0.2) is 0 Å². The van der Waals surface area contributed by atoms with Crippen LogP contribution in [0.1, 0.15) is 17.2 Å². The molecule has 23 heavy (non-hydrogen) atoms. The van der Waals surface area contributed by atoms with E-state index in [1.54, 1.807) is 24.3 Å². The first-order valence-corrected chi connectivity index (χ1v) is 7.07. The fourth-order valence-corrected chi connectivity index (χ4v) is 2.18. The van der Waals surface area contributed by atoms with Crippen LogP contribution in [0.5, 0.6) is 5.75 Å². The highest BCUT2D eigenvalue weighted by Gasteiger charge is 2.14. The number of hydrogen-bond acceptors (Lipinski definition) is 3. The molecule has 0 radical (unpaired) electrons. The summed E-state index contributed by atoms with van der Waals surface area (Å²) >= 11 is 0. The molecule has 0 aliphatic carbocycles. The molecule has 0 spiro atoms. The first-order valence-electron chi connectivity index (χ1n) is 7.07. The van der Waals surface area contributed by atoms with Crippen molar-refractivity contribution >= 4 is 5.91 Å². The molecule has 122 valence electrons. The SMILES string of the molecule is O=C(Cc1cccc(OC(F)F)c1)NC(CO)c1ccccc1. The van der Waals surface area contributed by atoms with E-state index >= 15 is 0 Å². The summed E-state index contributed by atoms with van der Waals surface area (Å²) in [5.41, 5.74) is 1.34. The number of alkyl halides is 2. The number of aliphatic hydroxyl groups excluding tert-OH is 1. The highest BCUT2D eigenvalue weighted by Crippen LogP contribution is 2.17. The largest absolute Gasteiger partial charge is 0.435 e. The fraction of sp³-hybridized carbons (Fsp3) is 0.235. The van der Waals surface area contributed by atoms with E-state index < -0.39 is 12.7 Å². The minimum absolute atomic E-state index is 0.00374. The van der Waals surface area contributed by atoms with Crippen molar-refractivity contribution in [3.05, 3.63) is 65.7 Å². The van der Waals surface area contributed by atoms with Crippen LogP contribution >= 0.6 is 0 Å². The zero-order valence-electron chi connectivity index (χ0n) is 12.3. The molecule has 6 heteroatoms. The Morgan fingerprint density at radius 2 is 1.87 bits per heavy atom. The molecule has 2 N–H and O–H groups in total. The predicted molar refractivity (Wildman–Crippen MR) is 81.2 cm³/mol. The van der Waals surface area contributed by atoms with E-state index in [0.717, 1.165) is 5.56 Å². The summed E-state index contributed by atoms with van der Waals surface area (Å²) in [6.45, 7) is -3.14. The summed E-state index contributed by atoms with van der Waals surface area (Å²) in [6, 6.07) is 14.5. The quantitative estimate of drug-likeness (QED) is 0.824. The Morgan fingerprint density at radius 3 is 2.52 bits per heavy atom. The highest BCUT2D eigenvalue weighted by atomic mass is 19.3. The van der Waals surface area contributed by atoms with Crippen molar-refractivity contribution in [2.45, 2.75) is 19.1 Å². The van der Waals surface area contributed by atoms with Crippen LogP contribution in [-0.4, -0.2) is 24.2 Å². The van der Waals surface area contributed by atoms with Crippen LogP contribution in [-0.2, 0) is 11.2 Å². The zero-order chi connectivity index (χ0) is 16.7. The number of nitrogens with one attached hydrogen (secondary N) is 1. The lowest BCUT2D eigenvalue weighted by molar-refractivity contribution is -0.121. The lowest BCUT2D eigenvalue weighted by Crippen LogP contribution is -2.31. The molecule has 1 atom stereocenters. The Balaban J connectivity index is 1.98. The van der Waals surface area contributed by atoms with E-state index in [1.165, 1.54) is 12.1 Å². The van der Waals surface area contributed by atoms with Crippen LogP contribution in [0.2, 0.25) is 0 Å². The number of ether oxygens (including phenoxy) is 1. The molecule has 0 fully saturated rings. The van der Waals surface area contributed by atoms with Crippen molar-refractivity contribution in [1.29, 1.82) is 0 Å². The molecule has 1 unspecified atom stereocenters. The van der Waals surface area contributed by atoms with Gasteiger partial charge in [-0.2, -0.15) is 8.78 Å². The predicted octanol–water partition coefficient (Wildman–Crippen LogP) is 2.68. The van der Waals surface area contributed by atoms with Gasteiger partial charge in [-0.3, -0.25) is 4.79 Å². The van der Waals surface area contributed by atoms with Crippen molar-refractivity contribution < 1.29 is 23.4 Å². The summed E-state index contributed by atoms with van der Waals surface area (Å²) in [6.07, 6.45) is 0.00374. The van der Waals surface area contributed by atoms with E-state index in [2.05, 4.69) is 10.1 Å². The van der Waals surface area contributed by atoms with Gasteiger partial charge in [0, 0.05) is 0 Å². The molecule has 0 aliphatic heterocycles. The van der Waals surface area contributed by atoms with Gasteiger partial charge >= 0.3 is 6.61 Å². The topological polar surface area (TPSA) is 58.6 Å². The summed E-state index contributed by atoms with van der Waals surface area (Å²) in [4.78, 5) is 12.1. The molecule has 0 aromatic heterocycles. The number of rotatable bonds is 7. The third kappa shape index (κ3) is 5.34. The van der Waals surface area contributed by atoms with Gasteiger partial charge < -0.3 is 15.2 Å². The van der Waals surface area contributed by atoms with Crippen LogP contribution in [0.25, 0.3) is 0 Å². The average Bonchev–Trinajstić information content (AvgIpc) is 2.53. The van der Waals surface area contributed by atoms with E-state index in [4.69, 9.17) is 0 Å². The number of amides is 1. The molecule has 2 aromatic carbocycles. The Hall–Kier alpha value is -2.47. The number of halogens is 2. The van der Waals surface area contributed by atoms with E-state index in [0.29, 0.717) is 5.56 Å². The van der Waals surface area contributed by atoms with Gasteiger partial charge in [0.05, 0.1) is 19.1 Å². The standard InChI is InChI=1S/C17H17F2NO3/c18-17(19)23-14-8-4-5-12(9-14)10-16(22)20-15(11-21)13-6-2-1-3-7-13/h1-9,15,17,21H,10-11H2,(H,20,22). The normalized spacial score (nSPS) is 12.0. The first kappa shape index (κ1) is 16.9. The Kier molecular flexibility index (Phi) is 6.05. The molecular weight excluding hydrogens is 304 g/mol. The van der Waals surface area contributed by atoms with Crippen LogP contribution in [0, 0.1) is 0 Å². The van der Waals surface area contributed by atoms with Gasteiger partial charge in [-0.15, -0.1) is 0 Å². The van der Waals surface area contributed by atoms with E-state index in [-0.39, 0.29) is 24.7 Å².